The van der Waals surface area contributed by atoms with E-state index < -0.39 is 30.3 Å². The quantitative estimate of drug-likeness (QED) is 0.279. The minimum absolute atomic E-state index is 0.0796. The number of hydrogen-bond acceptors (Lipinski definition) is 7. The van der Waals surface area contributed by atoms with E-state index in [2.05, 4.69) is 9.57 Å². The number of nitrogens with one attached hydrogen (secondary N) is 1. The summed E-state index contributed by atoms with van der Waals surface area (Å²) in [5, 5.41) is 7.12. The molecule has 28 heavy (non-hydrogen) atoms. The number of rotatable bonds is 6. The number of ether oxygens (including phenoxy) is 2. The number of primary amides is 1. The Hall–Kier alpha value is -3.51. The maximum absolute atomic E-state index is 11.2. The summed E-state index contributed by atoms with van der Waals surface area (Å²) in [4.78, 5) is 46.0. The van der Waals surface area contributed by atoms with Gasteiger partial charge in [-0.2, -0.15) is 13.2 Å². The maximum Gasteiger partial charge on any atom is 0.539 e. The Labute approximate surface area is 156 Å². The fourth-order valence-corrected chi connectivity index (χ4v) is 1.28. The van der Waals surface area contributed by atoms with E-state index in [1.165, 1.54) is 0 Å². The molecule has 2 amide bonds. The van der Waals surface area contributed by atoms with Crippen molar-refractivity contribution in [1.82, 2.24) is 5.48 Å². The third-order valence-electron chi connectivity index (χ3n) is 2.46. The SMILES string of the molecule is NC(=O)CCCCOC(=O)NOC(=O)Oc1ccccc1.O=C(O)C(F)(F)F. The molecular weight excluding hydrogens is 393 g/mol. The van der Waals surface area contributed by atoms with Gasteiger partial charge >= 0.3 is 24.4 Å². The highest BCUT2D eigenvalue weighted by atomic mass is 19.4. The number of hydroxylamine groups is 1. The van der Waals surface area contributed by atoms with E-state index >= 15 is 0 Å². The molecule has 13 heteroatoms. The normalized spacial score (nSPS) is 9.96. The molecule has 0 aliphatic carbocycles. The van der Waals surface area contributed by atoms with Crippen LogP contribution in [-0.2, 0) is 19.2 Å². The number of halogens is 3. The molecule has 0 atom stereocenters. The van der Waals surface area contributed by atoms with Crippen molar-refractivity contribution in [2.24, 2.45) is 5.73 Å². The molecule has 1 aromatic carbocycles. The molecule has 0 saturated heterocycles. The van der Waals surface area contributed by atoms with Crippen molar-refractivity contribution in [3.05, 3.63) is 30.3 Å². The van der Waals surface area contributed by atoms with Crippen LogP contribution in [0.1, 0.15) is 19.3 Å². The summed E-state index contributed by atoms with van der Waals surface area (Å²) in [6.07, 6.45) is -5.89. The Balaban J connectivity index is 0.000000887. The van der Waals surface area contributed by atoms with Gasteiger partial charge in [0.1, 0.15) is 5.75 Å². The van der Waals surface area contributed by atoms with Crippen molar-refractivity contribution >= 4 is 24.1 Å². The number of amides is 2. The Morgan fingerprint density at radius 3 is 2.14 bits per heavy atom. The van der Waals surface area contributed by atoms with Gasteiger partial charge in [-0.1, -0.05) is 18.2 Å². The molecular formula is C15H17F3N2O8. The number of benzene rings is 1. The summed E-state index contributed by atoms with van der Waals surface area (Å²) in [6, 6.07) is 8.22. The molecule has 0 spiro atoms. The van der Waals surface area contributed by atoms with Gasteiger partial charge in [0.2, 0.25) is 5.91 Å². The summed E-state index contributed by atoms with van der Waals surface area (Å²) in [5.41, 5.74) is 6.72. The van der Waals surface area contributed by atoms with E-state index in [1.807, 2.05) is 0 Å². The van der Waals surface area contributed by atoms with Gasteiger partial charge in [0.05, 0.1) is 6.61 Å². The smallest absolute Gasteiger partial charge is 0.475 e. The van der Waals surface area contributed by atoms with Crippen LogP contribution in [0.25, 0.3) is 0 Å². The number of para-hydroxylation sites is 1. The number of carboxylic acid groups (broad SMARTS) is 1. The second-order valence-corrected chi connectivity index (χ2v) is 4.73. The molecule has 156 valence electrons. The molecule has 0 aliphatic heterocycles. The maximum atomic E-state index is 11.2. The molecule has 0 unspecified atom stereocenters. The Kier molecular flexibility index (Phi) is 11.2. The Bertz CT molecular complexity index is 652. The minimum atomic E-state index is -5.08. The molecule has 0 fully saturated rings. The lowest BCUT2D eigenvalue weighted by Crippen LogP contribution is -2.29. The lowest BCUT2D eigenvalue weighted by molar-refractivity contribution is -0.192. The summed E-state index contributed by atoms with van der Waals surface area (Å²) in [7, 11) is 0. The standard InChI is InChI=1S/C13H16N2O6.C2HF3O2/c14-11(16)8-4-5-9-19-12(17)15-21-13(18)20-10-6-2-1-3-7-10;3-2(4,5)1(6)7/h1-3,6-7H,4-5,8-9H2,(H2,14,16)(H,15,17);(H,6,7). The second kappa shape index (κ2) is 12.8. The van der Waals surface area contributed by atoms with Gasteiger partial charge in [-0.25, -0.2) is 14.4 Å². The van der Waals surface area contributed by atoms with Crippen LogP contribution < -0.4 is 16.0 Å². The van der Waals surface area contributed by atoms with Crippen molar-refractivity contribution < 1.29 is 51.8 Å². The van der Waals surface area contributed by atoms with Crippen LogP contribution in [0.15, 0.2) is 30.3 Å². The van der Waals surface area contributed by atoms with Crippen molar-refractivity contribution in [3.8, 4) is 5.75 Å². The van der Waals surface area contributed by atoms with Crippen LogP contribution in [0.2, 0.25) is 0 Å². The van der Waals surface area contributed by atoms with Gasteiger partial charge in [-0.15, -0.1) is 5.48 Å². The lowest BCUT2D eigenvalue weighted by atomic mass is 10.2. The van der Waals surface area contributed by atoms with Gasteiger partial charge in [-0.3, -0.25) is 4.79 Å². The Morgan fingerprint density at radius 2 is 1.64 bits per heavy atom. The highest BCUT2D eigenvalue weighted by molar-refractivity contribution is 5.73. The van der Waals surface area contributed by atoms with Gasteiger partial charge in [0.15, 0.2) is 0 Å². The number of carbonyl (C=O) groups is 4. The van der Waals surface area contributed by atoms with Crippen molar-refractivity contribution in [1.29, 1.82) is 0 Å². The third-order valence-corrected chi connectivity index (χ3v) is 2.46. The second-order valence-electron chi connectivity index (χ2n) is 4.73. The fraction of sp³-hybridized carbons (Fsp3) is 0.333. The van der Waals surface area contributed by atoms with E-state index in [0.717, 1.165) is 0 Å². The van der Waals surface area contributed by atoms with E-state index in [-0.39, 0.29) is 18.8 Å². The summed E-state index contributed by atoms with van der Waals surface area (Å²) in [6.45, 7) is 0.0796. The van der Waals surface area contributed by atoms with Gasteiger partial charge in [0.25, 0.3) is 0 Å². The zero-order valence-corrected chi connectivity index (χ0v) is 14.2. The molecule has 0 saturated carbocycles. The highest BCUT2D eigenvalue weighted by Gasteiger charge is 2.38. The number of hydrogen-bond donors (Lipinski definition) is 3. The number of carbonyl (C=O) groups excluding carboxylic acids is 3. The summed E-state index contributed by atoms with van der Waals surface area (Å²) >= 11 is 0. The molecule has 0 aromatic heterocycles. The van der Waals surface area contributed by atoms with Crippen LogP contribution in [0.5, 0.6) is 5.75 Å². The zero-order chi connectivity index (χ0) is 21.6. The third kappa shape index (κ3) is 13.7. The lowest BCUT2D eigenvalue weighted by Gasteiger charge is -2.07. The summed E-state index contributed by atoms with van der Waals surface area (Å²) in [5.74, 6) is -2.89. The van der Waals surface area contributed by atoms with Crippen molar-refractivity contribution in [3.63, 3.8) is 0 Å². The van der Waals surface area contributed by atoms with Crippen LogP contribution in [0.3, 0.4) is 0 Å². The first kappa shape index (κ1) is 24.5. The van der Waals surface area contributed by atoms with Gasteiger partial charge < -0.3 is 25.2 Å². The van der Waals surface area contributed by atoms with E-state index in [0.29, 0.717) is 12.8 Å². The number of alkyl halides is 3. The molecule has 0 bridgehead atoms. The number of aliphatic carboxylic acids is 1. The van der Waals surface area contributed by atoms with Gasteiger partial charge in [0, 0.05) is 6.42 Å². The first-order chi connectivity index (χ1) is 13.0. The first-order valence-electron chi connectivity index (χ1n) is 7.47. The Morgan fingerprint density at radius 1 is 1.07 bits per heavy atom. The average molecular weight is 410 g/mol. The van der Waals surface area contributed by atoms with Crippen LogP contribution in [-0.4, -0.2) is 42.0 Å². The topological polar surface area (TPSA) is 154 Å². The molecule has 10 nitrogen and oxygen atoms in total. The average Bonchev–Trinajstić information content (AvgIpc) is 2.60. The molecule has 0 radical (unpaired) electrons. The highest BCUT2D eigenvalue weighted by Crippen LogP contribution is 2.13. The molecule has 1 aromatic rings. The van der Waals surface area contributed by atoms with Crippen molar-refractivity contribution in [2.75, 3.05) is 6.61 Å². The zero-order valence-electron chi connectivity index (χ0n) is 14.2. The molecule has 4 N–H and O–H groups in total. The monoisotopic (exact) mass is 410 g/mol. The number of carboxylic acids is 1. The molecule has 0 aliphatic rings. The van der Waals surface area contributed by atoms with E-state index in [9.17, 15) is 27.6 Å². The fourth-order valence-electron chi connectivity index (χ4n) is 1.28. The van der Waals surface area contributed by atoms with Crippen LogP contribution in [0, 0.1) is 0 Å². The largest absolute Gasteiger partial charge is 0.539 e. The minimum Gasteiger partial charge on any atom is -0.475 e. The molecule has 1 rings (SSSR count). The first-order valence-corrected chi connectivity index (χ1v) is 7.47. The van der Waals surface area contributed by atoms with Gasteiger partial charge in [-0.05, 0) is 25.0 Å². The number of unbranched alkanes of at least 4 members (excludes halogenated alkanes) is 1. The van der Waals surface area contributed by atoms with Crippen molar-refractivity contribution in [2.45, 2.75) is 25.4 Å². The van der Waals surface area contributed by atoms with E-state index in [1.54, 1.807) is 35.8 Å². The predicted octanol–water partition coefficient (Wildman–Crippen LogP) is 2.13. The summed E-state index contributed by atoms with van der Waals surface area (Å²) < 4.78 is 41.2. The van der Waals surface area contributed by atoms with Crippen LogP contribution in [0.4, 0.5) is 22.8 Å². The predicted molar refractivity (Wildman–Crippen MR) is 84.8 cm³/mol. The van der Waals surface area contributed by atoms with E-state index in [4.69, 9.17) is 20.4 Å². The number of nitrogens with two attached hydrogens (primary N) is 1. The van der Waals surface area contributed by atoms with Crippen LogP contribution >= 0.6 is 0 Å². The molecule has 0 heterocycles.